The maximum Gasteiger partial charge on any atom is 0.0834 e. The van der Waals surface area contributed by atoms with Gasteiger partial charge in [0, 0.05) is 6.04 Å². The van der Waals surface area contributed by atoms with E-state index in [2.05, 4.69) is 63.6 Å². The van der Waals surface area contributed by atoms with Crippen LogP contribution in [-0.4, -0.2) is 16.3 Å². The van der Waals surface area contributed by atoms with Gasteiger partial charge in [-0.25, -0.2) is 0 Å². The third-order valence-electron chi connectivity index (χ3n) is 5.65. The number of aromatic nitrogens is 2. The zero-order valence-corrected chi connectivity index (χ0v) is 15.3. The standard InChI is InChI=1S/C17H30ClN3/c1-8-9-19-13(15-16(4,5)17(15,6)7)14-12(18)10-20-21(14)11(2)3/h10-11,13,15,19H,8-9H2,1-7H3. The number of hydrogen-bond acceptors (Lipinski definition) is 2. The van der Waals surface area contributed by atoms with Crippen LogP contribution in [0.1, 0.15) is 72.7 Å². The lowest BCUT2D eigenvalue weighted by molar-refractivity contribution is 0.370. The summed E-state index contributed by atoms with van der Waals surface area (Å²) in [6.45, 7) is 17.0. The molecular formula is C17H30ClN3. The molecule has 0 saturated heterocycles. The SMILES string of the molecule is CCCNC(c1c(Cl)cnn1C(C)C)C1C(C)(C)C1(C)C. The second kappa shape index (κ2) is 5.58. The van der Waals surface area contributed by atoms with Gasteiger partial charge in [-0.05, 0) is 43.6 Å². The topological polar surface area (TPSA) is 29.9 Å². The van der Waals surface area contributed by atoms with Gasteiger partial charge in [-0.15, -0.1) is 0 Å². The number of rotatable bonds is 6. The van der Waals surface area contributed by atoms with E-state index in [1.807, 2.05) is 0 Å². The van der Waals surface area contributed by atoms with Crippen molar-refractivity contribution < 1.29 is 0 Å². The van der Waals surface area contributed by atoms with Gasteiger partial charge < -0.3 is 5.32 Å². The second-order valence-corrected chi connectivity index (χ2v) is 8.18. The molecule has 0 amide bonds. The molecule has 1 aromatic rings. The highest BCUT2D eigenvalue weighted by molar-refractivity contribution is 6.31. The first-order valence-corrected chi connectivity index (χ1v) is 8.50. The van der Waals surface area contributed by atoms with Crippen molar-refractivity contribution in [2.24, 2.45) is 16.7 Å². The lowest BCUT2D eigenvalue weighted by atomic mass is 10.0. The van der Waals surface area contributed by atoms with Crippen molar-refractivity contribution in [1.82, 2.24) is 15.1 Å². The third kappa shape index (κ3) is 2.63. The number of nitrogens with zero attached hydrogens (tertiary/aromatic N) is 2. The quantitative estimate of drug-likeness (QED) is 0.814. The molecule has 0 aliphatic heterocycles. The molecule has 4 heteroatoms. The highest BCUT2D eigenvalue weighted by Gasteiger charge is 2.67. The zero-order valence-electron chi connectivity index (χ0n) is 14.5. The maximum atomic E-state index is 6.50. The Bertz CT molecular complexity index is 488. The van der Waals surface area contributed by atoms with Gasteiger partial charge in [-0.1, -0.05) is 46.2 Å². The van der Waals surface area contributed by atoms with Crippen molar-refractivity contribution in [3.05, 3.63) is 16.9 Å². The Labute approximate surface area is 134 Å². The molecule has 1 aliphatic carbocycles. The minimum absolute atomic E-state index is 0.271. The van der Waals surface area contributed by atoms with Crippen LogP contribution in [0.4, 0.5) is 0 Å². The highest BCUT2D eigenvalue weighted by Crippen LogP contribution is 2.72. The van der Waals surface area contributed by atoms with Crippen LogP contribution in [0.2, 0.25) is 5.02 Å². The molecule has 0 spiro atoms. The Hall–Kier alpha value is -0.540. The summed E-state index contributed by atoms with van der Waals surface area (Å²) in [6.07, 6.45) is 2.91. The number of hydrogen-bond donors (Lipinski definition) is 1. The molecule has 0 aromatic carbocycles. The Morgan fingerprint density at radius 3 is 2.29 bits per heavy atom. The van der Waals surface area contributed by atoms with Crippen molar-refractivity contribution in [2.45, 2.75) is 67.0 Å². The summed E-state index contributed by atoms with van der Waals surface area (Å²) >= 11 is 6.50. The van der Waals surface area contributed by atoms with E-state index in [0.29, 0.717) is 22.8 Å². The monoisotopic (exact) mass is 311 g/mol. The van der Waals surface area contributed by atoms with Gasteiger partial charge in [0.1, 0.15) is 0 Å². The van der Waals surface area contributed by atoms with Gasteiger partial charge in [0.25, 0.3) is 0 Å². The molecule has 1 fully saturated rings. The van der Waals surface area contributed by atoms with Gasteiger partial charge in [0.2, 0.25) is 0 Å². The van der Waals surface area contributed by atoms with Crippen LogP contribution in [0.3, 0.4) is 0 Å². The van der Waals surface area contributed by atoms with Crippen LogP contribution < -0.4 is 5.32 Å². The van der Waals surface area contributed by atoms with Crippen LogP contribution in [0, 0.1) is 16.7 Å². The molecule has 1 atom stereocenters. The van der Waals surface area contributed by atoms with E-state index in [1.54, 1.807) is 6.20 Å². The Balaban J connectivity index is 2.41. The summed E-state index contributed by atoms with van der Waals surface area (Å²) in [5.41, 5.74) is 1.78. The molecule has 1 heterocycles. The van der Waals surface area contributed by atoms with Gasteiger partial charge in [0.15, 0.2) is 0 Å². The van der Waals surface area contributed by atoms with E-state index in [-0.39, 0.29) is 6.04 Å². The zero-order chi connectivity index (χ0) is 16.0. The van der Waals surface area contributed by atoms with E-state index in [0.717, 1.165) is 23.7 Å². The van der Waals surface area contributed by atoms with E-state index >= 15 is 0 Å². The molecule has 1 saturated carbocycles. The van der Waals surface area contributed by atoms with E-state index < -0.39 is 0 Å². The molecule has 120 valence electrons. The van der Waals surface area contributed by atoms with Crippen LogP contribution >= 0.6 is 11.6 Å². The fraction of sp³-hybridized carbons (Fsp3) is 0.824. The summed E-state index contributed by atoms with van der Waals surface area (Å²) in [4.78, 5) is 0. The van der Waals surface area contributed by atoms with Crippen molar-refractivity contribution in [3.63, 3.8) is 0 Å². The molecule has 1 N–H and O–H groups in total. The largest absolute Gasteiger partial charge is 0.308 e. The van der Waals surface area contributed by atoms with E-state index in [9.17, 15) is 0 Å². The number of halogens is 1. The van der Waals surface area contributed by atoms with Gasteiger partial charge in [-0.3, -0.25) is 4.68 Å². The van der Waals surface area contributed by atoms with Crippen molar-refractivity contribution in [2.75, 3.05) is 6.54 Å². The highest BCUT2D eigenvalue weighted by atomic mass is 35.5. The van der Waals surface area contributed by atoms with Crippen molar-refractivity contribution in [1.29, 1.82) is 0 Å². The third-order valence-corrected chi connectivity index (χ3v) is 5.94. The smallest absolute Gasteiger partial charge is 0.0834 e. The first-order valence-electron chi connectivity index (χ1n) is 8.12. The fourth-order valence-corrected chi connectivity index (χ4v) is 4.05. The average molecular weight is 312 g/mol. The van der Waals surface area contributed by atoms with E-state index in [4.69, 9.17) is 11.6 Å². The van der Waals surface area contributed by atoms with Crippen LogP contribution in [0.25, 0.3) is 0 Å². The average Bonchev–Trinajstić information content (AvgIpc) is 2.69. The fourth-order valence-electron chi connectivity index (χ4n) is 3.81. The molecule has 1 aliphatic rings. The molecule has 0 bridgehead atoms. The number of nitrogens with one attached hydrogen (secondary N) is 1. The van der Waals surface area contributed by atoms with Crippen molar-refractivity contribution >= 4 is 11.6 Å². The van der Waals surface area contributed by atoms with Crippen molar-refractivity contribution in [3.8, 4) is 0 Å². The minimum atomic E-state index is 0.271. The summed E-state index contributed by atoms with van der Waals surface area (Å²) in [5, 5.41) is 9.02. The van der Waals surface area contributed by atoms with Crippen LogP contribution in [-0.2, 0) is 0 Å². The molecular weight excluding hydrogens is 282 g/mol. The molecule has 1 aromatic heterocycles. The van der Waals surface area contributed by atoms with Gasteiger partial charge >= 0.3 is 0 Å². The Morgan fingerprint density at radius 2 is 1.86 bits per heavy atom. The Kier molecular flexibility index (Phi) is 4.47. The van der Waals surface area contributed by atoms with Gasteiger partial charge in [0.05, 0.1) is 23.0 Å². The normalized spacial score (nSPS) is 21.8. The molecule has 0 radical (unpaired) electrons. The predicted molar refractivity (Wildman–Crippen MR) is 89.7 cm³/mol. The first kappa shape index (κ1) is 16.8. The predicted octanol–water partition coefficient (Wildman–Crippen LogP) is 4.84. The maximum absolute atomic E-state index is 6.50. The molecule has 2 rings (SSSR count). The molecule has 21 heavy (non-hydrogen) atoms. The summed E-state index contributed by atoms with van der Waals surface area (Å²) in [6, 6.07) is 0.593. The Morgan fingerprint density at radius 1 is 1.29 bits per heavy atom. The summed E-state index contributed by atoms with van der Waals surface area (Å²) in [7, 11) is 0. The van der Waals surface area contributed by atoms with Gasteiger partial charge in [-0.2, -0.15) is 5.10 Å². The summed E-state index contributed by atoms with van der Waals surface area (Å²) < 4.78 is 2.08. The van der Waals surface area contributed by atoms with Crippen LogP contribution in [0.5, 0.6) is 0 Å². The first-order chi connectivity index (χ1) is 9.66. The lowest BCUT2D eigenvalue weighted by Gasteiger charge is -2.24. The van der Waals surface area contributed by atoms with E-state index in [1.165, 1.54) is 0 Å². The van der Waals surface area contributed by atoms with Crippen LogP contribution in [0.15, 0.2) is 6.20 Å². The minimum Gasteiger partial charge on any atom is -0.308 e. The second-order valence-electron chi connectivity index (χ2n) is 7.77. The summed E-state index contributed by atoms with van der Waals surface area (Å²) in [5.74, 6) is 0.572. The molecule has 3 nitrogen and oxygen atoms in total. The lowest BCUT2D eigenvalue weighted by Crippen LogP contribution is -2.29. The molecule has 1 unspecified atom stereocenters.